The zero-order chi connectivity index (χ0) is 12.8. The minimum absolute atomic E-state index is 0.0414. The van der Waals surface area contributed by atoms with Crippen LogP contribution in [0.2, 0.25) is 0 Å². The molecule has 0 fully saturated rings. The number of nitrogens with zero attached hydrogens (tertiary/aromatic N) is 2. The van der Waals surface area contributed by atoms with Gasteiger partial charge in [0.25, 0.3) is 5.56 Å². The Morgan fingerprint density at radius 3 is 2.72 bits per heavy atom. The number of aryl methyl sites for hydroxylation is 2. The molecule has 0 aliphatic heterocycles. The first kappa shape index (κ1) is 12.4. The highest BCUT2D eigenvalue weighted by Crippen LogP contribution is 2.04. The van der Waals surface area contributed by atoms with Crippen molar-refractivity contribution in [2.45, 2.75) is 19.9 Å². The summed E-state index contributed by atoms with van der Waals surface area (Å²) in [4.78, 5) is 11.5. The summed E-state index contributed by atoms with van der Waals surface area (Å²) in [5.74, 6) is 0. The predicted octanol–water partition coefficient (Wildman–Crippen LogP) is 2.05. The quantitative estimate of drug-likeness (QED) is 0.818. The van der Waals surface area contributed by atoms with E-state index in [0.717, 1.165) is 24.3 Å². The number of para-hydroxylation sites is 1. The number of nitrogens with one attached hydrogen (secondary N) is 1. The van der Waals surface area contributed by atoms with Crippen molar-refractivity contribution in [2.75, 3.05) is 11.9 Å². The van der Waals surface area contributed by atoms with Crippen molar-refractivity contribution in [3.8, 4) is 0 Å². The van der Waals surface area contributed by atoms with E-state index in [1.165, 1.54) is 4.68 Å². The smallest absolute Gasteiger partial charge is 0.266 e. The van der Waals surface area contributed by atoms with E-state index in [0.29, 0.717) is 6.54 Å². The molecule has 94 valence electrons. The second-order valence-electron chi connectivity index (χ2n) is 4.18. The van der Waals surface area contributed by atoms with E-state index in [2.05, 4.69) is 10.4 Å². The predicted molar refractivity (Wildman–Crippen MR) is 72.8 cm³/mol. The molecule has 0 saturated carbocycles. The van der Waals surface area contributed by atoms with Crippen molar-refractivity contribution in [3.05, 3.63) is 58.5 Å². The van der Waals surface area contributed by atoms with Gasteiger partial charge in [-0.15, -0.1) is 0 Å². The Bertz CT molecular complexity index is 548. The molecule has 1 aromatic heterocycles. The Balaban J connectivity index is 1.82. The standard InChI is InChI=1S/C14H17N3O/c1-12-8-9-14(18)17(16-12)11-5-10-15-13-6-3-2-4-7-13/h2-4,6-9,15H,5,10-11H2,1H3. The third-order valence-corrected chi connectivity index (χ3v) is 2.65. The zero-order valence-electron chi connectivity index (χ0n) is 10.5. The number of benzene rings is 1. The molecule has 1 heterocycles. The van der Waals surface area contributed by atoms with Crippen LogP contribution in [0.5, 0.6) is 0 Å². The van der Waals surface area contributed by atoms with Gasteiger partial charge in [-0.25, -0.2) is 4.68 Å². The van der Waals surface area contributed by atoms with Crippen molar-refractivity contribution < 1.29 is 0 Å². The molecule has 0 spiro atoms. The van der Waals surface area contributed by atoms with E-state index in [1.807, 2.05) is 37.3 Å². The van der Waals surface area contributed by atoms with Gasteiger partial charge in [-0.2, -0.15) is 5.10 Å². The molecule has 1 aromatic carbocycles. The van der Waals surface area contributed by atoms with Crippen LogP contribution in [0.1, 0.15) is 12.1 Å². The average molecular weight is 243 g/mol. The molecule has 1 N–H and O–H groups in total. The number of aromatic nitrogens is 2. The van der Waals surface area contributed by atoms with Gasteiger partial charge in [-0.3, -0.25) is 4.79 Å². The molecule has 2 rings (SSSR count). The van der Waals surface area contributed by atoms with Gasteiger partial charge in [0, 0.05) is 24.8 Å². The average Bonchev–Trinajstić information content (AvgIpc) is 2.40. The van der Waals surface area contributed by atoms with Gasteiger partial charge in [0.05, 0.1) is 5.69 Å². The Labute approximate surface area is 106 Å². The van der Waals surface area contributed by atoms with Crippen LogP contribution in [-0.2, 0) is 6.54 Å². The van der Waals surface area contributed by atoms with Gasteiger partial charge in [-0.1, -0.05) is 18.2 Å². The van der Waals surface area contributed by atoms with Crippen molar-refractivity contribution in [3.63, 3.8) is 0 Å². The first-order valence-corrected chi connectivity index (χ1v) is 6.09. The summed E-state index contributed by atoms with van der Waals surface area (Å²) in [5, 5.41) is 7.50. The van der Waals surface area contributed by atoms with Gasteiger partial charge < -0.3 is 5.32 Å². The minimum Gasteiger partial charge on any atom is -0.385 e. The van der Waals surface area contributed by atoms with Crippen LogP contribution in [0.15, 0.2) is 47.3 Å². The third-order valence-electron chi connectivity index (χ3n) is 2.65. The Morgan fingerprint density at radius 2 is 1.94 bits per heavy atom. The maximum Gasteiger partial charge on any atom is 0.266 e. The molecule has 4 nitrogen and oxygen atoms in total. The normalized spacial score (nSPS) is 10.3. The van der Waals surface area contributed by atoms with E-state index in [4.69, 9.17) is 0 Å². The maximum atomic E-state index is 11.5. The molecular weight excluding hydrogens is 226 g/mol. The molecule has 0 saturated heterocycles. The zero-order valence-corrected chi connectivity index (χ0v) is 10.5. The number of rotatable bonds is 5. The van der Waals surface area contributed by atoms with E-state index in [-0.39, 0.29) is 5.56 Å². The second kappa shape index (κ2) is 6.00. The lowest BCUT2D eigenvalue weighted by Crippen LogP contribution is -2.23. The number of anilines is 1. The van der Waals surface area contributed by atoms with Gasteiger partial charge >= 0.3 is 0 Å². The lowest BCUT2D eigenvalue weighted by Gasteiger charge is -2.07. The van der Waals surface area contributed by atoms with Crippen molar-refractivity contribution in [1.29, 1.82) is 0 Å². The van der Waals surface area contributed by atoms with E-state index in [9.17, 15) is 4.79 Å². The highest BCUT2D eigenvalue weighted by Gasteiger charge is 1.97. The fourth-order valence-corrected chi connectivity index (χ4v) is 1.73. The molecule has 0 atom stereocenters. The second-order valence-corrected chi connectivity index (χ2v) is 4.18. The molecule has 0 unspecified atom stereocenters. The molecule has 18 heavy (non-hydrogen) atoms. The molecule has 0 aliphatic rings. The number of hydrogen-bond donors (Lipinski definition) is 1. The summed E-state index contributed by atoms with van der Waals surface area (Å²) >= 11 is 0. The summed E-state index contributed by atoms with van der Waals surface area (Å²) in [7, 11) is 0. The van der Waals surface area contributed by atoms with Crippen molar-refractivity contribution in [2.24, 2.45) is 0 Å². The Morgan fingerprint density at radius 1 is 1.17 bits per heavy atom. The molecule has 4 heteroatoms. The minimum atomic E-state index is -0.0414. The molecule has 0 radical (unpaired) electrons. The topological polar surface area (TPSA) is 46.9 Å². The van der Waals surface area contributed by atoms with Crippen molar-refractivity contribution in [1.82, 2.24) is 9.78 Å². The Hall–Kier alpha value is -2.10. The van der Waals surface area contributed by atoms with Crippen molar-refractivity contribution >= 4 is 5.69 Å². The van der Waals surface area contributed by atoms with Crippen LogP contribution < -0.4 is 10.9 Å². The van der Waals surface area contributed by atoms with Crippen LogP contribution >= 0.6 is 0 Å². The molecule has 2 aromatic rings. The van der Waals surface area contributed by atoms with Gasteiger partial charge in [0.1, 0.15) is 0 Å². The van der Waals surface area contributed by atoms with E-state index >= 15 is 0 Å². The number of hydrogen-bond acceptors (Lipinski definition) is 3. The highest BCUT2D eigenvalue weighted by molar-refractivity contribution is 5.42. The molecular formula is C14H17N3O. The van der Waals surface area contributed by atoms with Gasteiger partial charge in [-0.05, 0) is 31.5 Å². The maximum absolute atomic E-state index is 11.5. The van der Waals surface area contributed by atoms with Crippen LogP contribution in [0.25, 0.3) is 0 Å². The fourth-order valence-electron chi connectivity index (χ4n) is 1.73. The van der Waals surface area contributed by atoms with Crippen LogP contribution in [0, 0.1) is 6.92 Å². The lowest BCUT2D eigenvalue weighted by atomic mass is 10.3. The lowest BCUT2D eigenvalue weighted by molar-refractivity contribution is 0.552. The van der Waals surface area contributed by atoms with Crippen LogP contribution in [-0.4, -0.2) is 16.3 Å². The third kappa shape index (κ3) is 3.45. The largest absolute Gasteiger partial charge is 0.385 e. The fraction of sp³-hybridized carbons (Fsp3) is 0.286. The van der Waals surface area contributed by atoms with Crippen LogP contribution in [0.4, 0.5) is 5.69 Å². The van der Waals surface area contributed by atoms with E-state index in [1.54, 1.807) is 12.1 Å². The summed E-state index contributed by atoms with van der Waals surface area (Å²) < 4.78 is 1.52. The SMILES string of the molecule is Cc1ccc(=O)n(CCCNc2ccccc2)n1. The monoisotopic (exact) mass is 243 g/mol. The Kier molecular flexibility index (Phi) is 4.12. The molecule has 0 bridgehead atoms. The summed E-state index contributed by atoms with van der Waals surface area (Å²) in [6, 6.07) is 13.3. The van der Waals surface area contributed by atoms with Gasteiger partial charge in [0.15, 0.2) is 0 Å². The summed E-state index contributed by atoms with van der Waals surface area (Å²) in [5.41, 5.74) is 1.92. The first-order valence-electron chi connectivity index (χ1n) is 6.09. The summed E-state index contributed by atoms with van der Waals surface area (Å²) in [6.45, 7) is 3.35. The van der Waals surface area contributed by atoms with E-state index < -0.39 is 0 Å². The summed E-state index contributed by atoms with van der Waals surface area (Å²) in [6.07, 6.45) is 0.866. The van der Waals surface area contributed by atoms with Gasteiger partial charge in [0.2, 0.25) is 0 Å². The molecule has 0 aliphatic carbocycles. The highest BCUT2D eigenvalue weighted by atomic mass is 16.1. The first-order chi connectivity index (χ1) is 8.75. The molecule has 0 amide bonds. The van der Waals surface area contributed by atoms with Crippen LogP contribution in [0.3, 0.4) is 0 Å².